The summed E-state index contributed by atoms with van der Waals surface area (Å²) in [4.78, 5) is 0. The maximum absolute atomic E-state index is 2.25. The van der Waals surface area contributed by atoms with Crippen LogP contribution in [0.5, 0.6) is 0 Å². The van der Waals surface area contributed by atoms with Crippen molar-refractivity contribution < 1.29 is 0 Å². The van der Waals surface area contributed by atoms with Crippen molar-refractivity contribution >= 4 is 7.28 Å². The van der Waals surface area contributed by atoms with Crippen molar-refractivity contribution in [1.29, 1.82) is 0 Å². The maximum Gasteiger partial charge on any atom is 0.108 e. The molecule has 1 radical (unpaired) electrons. The Balaban J connectivity index is 0. The van der Waals surface area contributed by atoms with Gasteiger partial charge < -0.3 is 0 Å². The van der Waals surface area contributed by atoms with Gasteiger partial charge in [-0.15, -0.1) is 0 Å². The fourth-order valence-corrected chi connectivity index (χ4v) is 0.289. The Morgan fingerprint density at radius 2 is 1.29 bits per heavy atom. The van der Waals surface area contributed by atoms with Crippen LogP contribution in [-0.2, 0) is 0 Å². The molecule has 0 rings (SSSR count). The van der Waals surface area contributed by atoms with E-state index >= 15 is 0 Å². The van der Waals surface area contributed by atoms with Gasteiger partial charge >= 0.3 is 0 Å². The highest BCUT2D eigenvalue weighted by molar-refractivity contribution is 6.34. The van der Waals surface area contributed by atoms with Gasteiger partial charge in [-0.05, 0) is 0 Å². The second kappa shape index (κ2) is 16.6. The third kappa shape index (κ3) is 23.5. The minimum absolute atomic E-state index is 1.22. The number of hydrogen-bond acceptors (Lipinski definition) is 0. The first-order valence-corrected chi connectivity index (χ1v) is 3.23. The largest absolute Gasteiger partial charge is 0.108 e. The van der Waals surface area contributed by atoms with E-state index in [0.29, 0.717) is 0 Å². The third-order valence-corrected chi connectivity index (χ3v) is 0.577. The van der Waals surface area contributed by atoms with Crippen LogP contribution in [-0.4, -0.2) is 7.28 Å². The zero-order chi connectivity index (χ0) is 6.12. The highest BCUT2D eigenvalue weighted by Gasteiger charge is 1.72. The van der Waals surface area contributed by atoms with Crippen LogP contribution >= 0.6 is 0 Å². The van der Waals surface area contributed by atoms with Crippen molar-refractivity contribution in [2.24, 2.45) is 0 Å². The molecule has 0 saturated heterocycles. The molecule has 0 aliphatic carbocycles. The van der Waals surface area contributed by atoms with Gasteiger partial charge in [-0.25, -0.2) is 0 Å². The lowest BCUT2D eigenvalue weighted by Crippen LogP contribution is -1.76. The van der Waals surface area contributed by atoms with Crippen LogP contribution in [0.15, 0.2) is 0 Å². The summed E-state index contributed by atoms with van der Waals surface area (Å²) in [7, 11) is 2.25. The topological polar surface area (TPSA) is 0 Å². The first-order chi connectivity index (χ1) is 3.41. The first-order valence-electron chi connectivity index (χ1n) is 3.23. The van der Waals surface area contributed by atoms with Crippen molar-refractivity contribution in [3.63, 3.8) is 0 Å². The van der Waals surface area contributed by atoms with Crippen molar-refractivity contribution in [2.75, 3.05) is 0 Å². The molecule has 0 aromatic carbocycles. The number of hydrogen-bond donors (Lipinski definition) is 0. The summed E-state index contributed by atoms with van der Waals surface area (Å²) in [6.45, 7) is 8.31. The molecule has 0 unspecified atom stereocenters. The molecule has 1 heteroatoms. The molecular formula is C6H16B. The van der Waals surface area contributed by atoms with Crippen LogP contribution in [0.25, 0.3) is 0 Å². The van der Waals surface area contributed by atoms with Crippen LogP contribution in [0.4, 0.5) is 0 Å². The molecule has 0 saturated carbocycles. The maximum atomic E-state index is 2.25. The Morgan fingerprint density at radius 3 is 1.29 bits per heavy atom. The predicted molar refractivity (Wildman–Crippen MR) is 38.1 cm³/mol. The van der Waals surface area contributed by atoms with Crippen LogP contribution in [0.3, 0.4) is 0 Å². The van der Waals surface area contributed by atoms with Crippen molar-refractivity contribution in [3.05, 3.63) is 0 Å². The molecule has 0 fully saturated rings. The molecule has 0 aliphatic heterocycles. The first kappa shape index (κ1) is 10.1. The molecule has 0 aliphatic rings. The van der Waals surface area contributed by atoms with Crippen LogP contribution in [0, 0.1) is 0 Å². The van der Waals surface area contributed by atoms with Gasteiger partial charge in [-0.3, -0.25) is 0 Å². The van der Waals surface area contributed by atoms with Gasteiger partial charge in [0.25, 0.3) is 0 Å². The van der Waals surface area contributed by atoms with Crippen molar-refractivity contribution in [3.8, 4) is 0 Å². The molecule has 0 atom stereocenters. The molecule has 0 aromatic heterocycles. The van der Waals surface area contributed by atoms with Gasteiger partial charge in [0.15, 0.2) is 0 Å². The van der Waals surface area contributed by atoms with Crippen LogP contribution < -0.4 is 0 Å². The Hall–Kier alpha value is 0.0649. The molecule has 7 heavy (non-hydrogen) atoms. The molecule has 0 bridgehead atoms. The summed E-state index contributed by atoms with van der Waals surface area (Å²) < 4.78 is 0. The zero-order valence-electron chi connectivity index (χ0n) is 5.99. The molecule has 0 amide bonds. The lowest BCUT2D eigenvalue weighted by molar-refractivity contribution is 1.36. The van der Waals surface area contributed by atoms with Gasteiger partial charge in [0, 0.05) is 0 Å². The number of rotatable bonds is 2. The average molecular weight is 99.0 g/mol. The standard InChI is InChI=1S/C4H10B.C2H6/c1-3-5-4-2;1-2/h3-4H2,1-2H3;1-2H3. The monoisotopic (exact) mass is 99.1 g/mol. The molecule has 43 valence electrons. The van der Waals surface area contributed by atoms with E-state index in [9.17, 15) is 0 Å². The smallest absolute Gasteiger partial charge is 0.0831 e. The predicted octanol–water partition coefficient (Wildman–Crippen LogP) is 2.59. The second-order valence-corrected chi connectivity index (χ2v) is 1.11. The molecule has 0 nitrogen and oxygen atoms in total. The van der Waals surface area contributed by atoms with E-state index in [1.54, 1.807) is 0 Å². The van der Waals surface area contributed by atoms with E-state index in [1.165, 1.54) is 12.6 Å². The van der Waals surface area contributed by atoms with Crippen LogP contribution in [0.2, 0.25) is 12.6 Å². The SMILES string of the molecule is CC.CC[B]CC. The molecule has 0 heterocycles. The lowest BCUT2D eigenvalue weighted by atomic mass is 9.73. The van der Waals surface area contributed by atoms with Gasteiger partial charge in [0.05, 0.1) is 0 Å². The summed E-state index contributed by atoms with van der Waals surface area (Å²) in [6.07, 6.45) is 2.44. The second-order valence-electron chi connectivity index (χ2n) is 1.11. The van der Waals surface area contributed by atoms with Gasteiger partial charge in [0.2, 0.25) is 0 Å². The minimum atomic E-state index is 1.22. The van der Waals surface area contributed by atoms with Crippen LogP contribution in [0.1, 0.15) is 27.7 Å². The highest BCUT2D eigenvalue weighted by atomic mass is 13.5. The normalized spacial score (nSPS) is 6.29. The van der Waals surface area contributed by atoms with E-state index in [-0.39, 0.29) is 0 Å². The zero-order valence-corrected chi connectivity index (χ0v) is 5.99. The fourth-order valence-electron chi connectivity index (χ4n) is 0.289. The van der Waals surface area contributed by atoms with Crippen molar-refractivity contribution in [2.45, 2.75) is 40.3 Å². The minimum Gasteiger partial charge on any atom is -0.0831 e. The third-order valence-electron chi connectivity index (χ3n) is 0.577. The summed E-state index contributed by atoms with van der Waals surface area (Å²) in [6, 6.07) is 0. The summed E-state index contributed by atoms with van der Waals surface area (Å²) in [5.41, 5.74) is 0. The van der Waals surface area contributed by atoms with E-state index in [2.05, 4.69) is 21.1 Å². The van der Waals surface area contributed by atoms with Gasteiger partial charge in [-0.2, -0.15) is 0 Å². The summed E-state index contributed by atoms with van der Waals surface area (Å²) in [5.74, 6) is 0. The molecule has 0 spiro atoms. The summed E-state index contributed by atoms with van der Waals surface area (Å²) >= 11 is 0. The lowest BCUT2D eigenvalue weighted by Gasteiger charge is -1.75. The average Bonchev–Trinajstić information content (AvgIpc) is 1.75. The molecule has 0 N–H and O–H groups in total. The molecular weight excluding hydrogens is 82.9 g/mol. The van der Waals surface area contributed by atoms with E-state index in [4.69, 9.17) is 0 Å². The van der Waals surface area contributed by atoms with E-state index < -0.39 is 0 Å². The summed E-state index contributed by atoms with van der Waals surface area (Å²) in [5, 5.41) is 0. The Labute approximate surface area is 48.6 Å². The van der Waals surface area contributed by atoms with Gasteiger partial charge in [-0.1, -0.05) is 40.3 Å². The van der Waals surface area contributed by atoms with E-state index in [0.717, 1.165) is 0 Å². The molecule has 0 aromatic rings. The van der Waals surface area contributed by atoms with E-state index in [1.807, 2.05) is 13.8 Å². The fraction of sp³-hybridized carbons (Fsp3) is 1.00. The van der Waals surface area contributed by atoms with Crippen molar-refractivity contribution in [1.82, 2.24) is 0 Å². The Morgan fingerprint density at radius 1 is 1.00 bits per heavy atom. The quantitative estimate of drug-likeness (QED) is 0.466. The Kier molecular flexibility index (Phi) is 24.0. The van der Waals surface area contributed by atoms with Gasteiger partial charge in [0.1, 0.15) is 7.28 Å². The Bertz CT molecular complexity index is 11.7. The highest BCUT2D eigenvalue weighted by Crippen LogP contribution is 1.77.